The molecule has 0 saturated carbocycles. The summed E-state index contributed by atoms with van der Waals surface area (Å²) in [5, 5.41) is 11.6. The van der Waals surface area contributed by atoms with Gasteiger partial charge in [0.2, 0.25) is 5.91 Å². The third kappa shape index (κ3) is 6.05. The van der Waals surface area contributed by atoms with E-state index in [1.165, 1.54) is 0 Å². The lowest BCUT2D eigenvalue weighted by atomic mass is 9.80. The summed E-state index contributed by atoms with van der Waals surface area (Å²) >= 11 is 0. The molecule has 19 heavy (non-hydrogen) atoms. The second-order valence-corrected chi connectivity index (χ2v) is 6.30. The number of nitrogens with zero attached hydrogens (tertiary/aromatic N) is 1. The van der Waals surface area contributed by atoms with Gasteiger partial charge in [-0.15, -0.1) is 0 Å². The first-order chi connectivity index (χ1) is 8.81. The predicted octanol–water partition coefficient (Wildman–Crippen LogP) is 1.34. The van der Waals surface area contributed by atoms with E-state index in [1.54, 1.807) is 6.92 Å². The number of hydrogen-bond donors (Lipinski definition) is 2. The first-order valence-electron chi connectivity index (χ1n) is 6.98. The van der Waals surface area contributed by atoms with Crippen molar-refractivity contribution in [2.24, 2.45) is 11.3 Å². The standard InChI is InChI=1S/C14H26N2O3/c1-11(9-13(18)19)8-12(17)15-10-14(2)4-6-16(3)7-5-14/h11H,4-10H2,1-3H3,(H,15,17)(H,18,19). The van der Waals surface area contributed by atoms with Gasteiger partial charge in [-0.1, -0.05) is 13.8 Å². The van der Waals surface area contributed by atoms with Crippen LogP contribution >= 0.6 is 0 Å². The monoisotopic (exact) mass is 270 g/mol. The molecule has 1 aliphatic heterocycles. The summed E-state index contributed by atoms with van der Waals surface area (Å²) < 4.78 is 0. The lowest BCUT2D eigenvalue weighted by Gasteiger charge is -2.38. The van der Waals surface area contributed by atoms with Crippen LogP contribution in [-0.2, 0) is 9.59 Å². The van der Waals surface area contributed by atoms with Crippen LogP contribution in [0.2, 0.25) is 0 Å². The van der Waals surface area contributed by atoms with Crippen molar-refractivity contribution in [1.82, 2.24) is 10.2 Å². The molecule has 0 spiro atoms. The van der Waals surface area contributed by atoms with Crippen LogP contribution in [0.3, 0.4) is 0 Å². The first-order valence-corrected chi connectivity index (χ1v) is 6.98. The molecule has 5 heteroatoms. The Morgan fingerprint density at radius 2 is 1.89 bits per heavy atom. The molecule has 1 amide bonds. The smallest absolute Gasteiger partial charge is 0.303 e. The average molecular weight is 270 g/mol. The van der Waals surface area contributed by atoms with Gasteiger partial charge in [-0.05, 0) is 44.3 Å². The molecular formula is C14H26N2O3. The Morgan fingerprint density at radius 3 is 2.42 bits per heavy atom. The van der Waals surface area contributed by atoms with Gasteiger partial charge in [0, 0.05) is 19.4 Å². The lowest BCUT2D eigenvalue weighted by molar-refractivity contribution is -0.138. The Labute approximate surface area is 115 Å². The third-order valence-electron chi connectivity index (χ3n) is 3.96. The second kappa shape index (κ2) is 6.89. The maximum Gasteiger partial charge on any atom is 0.303 e. The van der Waals surface area contributed by atoms with Gasteiger partial charge in [-0.3, -0.25) is 9.59 Å². The van der Waals surface area contributed by atoms with Crippen LogP contribution in [0.4, 0.5) is 0 Å². The molecule has 1 unspecified atom stereocenters. The van der Waals surface area contributed by atoms with Gasteiger partial charge in [-0.2, -0.15) is 0 Å². The van der Waals surface area contributed by atoms with Gasteiger partial charge < -0.3 is 15.3 Å². The van der Waals surface area contributed by atoms with Gasteiger partial charge in [0.25, 0.3) is 0 Å². The van der Waals surface area contributed by atoms with E-state index >= 15 is 0 Å². The van der Waals surface area contributed by atoms with E-state index in [0.717, 1.165) is 25.9 Å². The Hall–Kier alpha value is -1.10. The molecule has 0 aromatic rings. The number of carboxylic acids is 1. The van der Waals surface area contributed by atoms with E-state index in [1.807, 2.05) is 0 Å². The van der Waals surface area contributed by atoms with Gasteiger partial charge in [-0.25, -0.2) is 0 Å². The molecule has 1 atom stereocenters. The van der Waals surface area contributed by atoms with E-state index in [-0.39, 0.29) is 23.7 Å². The summed E-state index contributed by atoms with van der Waals surface area (Å²) in [5.74, 6) is -0.987. The summed E-state index contributed by atoms with van der Waals surface area (Å²) in [6.45, 7) is 6.84. The van der Waals surface area contributed by atoms with E-state index in [9.17, 15) is 9.59 Å². The zero-order valence-electron chi connectivity index (χ0n) is 12.2. The molecule has 1 rings (SSSR count). The molecule has 110 valence electrons. The molecule has 1 aliphatic rings. The summed E-state index contributed by atoms with van der Waals surface area (Å²) in [5.41, 5.74) is 0.179. The zero-order chi connectivity index (χ0) is 14.5. The quantitative estimate of drug-likeness (QED) is 0.764. The van der Waals surface area contributed by atoms with Crippen LogP contribution < -0.4 is 5.32 Å². The highest BCUT2D eigenvalue weighted by molar-refractivity contribution is 5.77. The van der Waals surface area contributed by atoms with Crippen LogP contribution in [0.15, 0.2) is 0 Å². The second-order valence-electron chi connectivity index (χ2n) is 6.30. The van der Waals surface area contributed by atoms with Gasteiger partial charge >= 0.3 is 5.97 Å². The summed E-state index contributed by atoms with van der Waals surface area (Å²) in [7, 11) is 2.12. The number of rotatable bonds is 6. The fraction of sp³-hybridized carbons (Fsp3) is 0.857. The third-order valence-corrected chi connectivity index (χ3v) is 3.96. The summed E-state index contributed by atoms with van der Waals surface area (Å²) in [4.78, 5) is 24.6. The van der Waals surface area contributed by atoms with Crippen molar-refractivity contribution in [3.63, 3.8) is 0 Å². The maximum atomic E-state index is 11.8. The van der Waals surface area contributed by atoms with Crippen LogP contribution in [0.1, 0.15) is 39.5 Å². The number of nitrogens with one attached hydrogen (secondary N) is 1. The normalized spacial score (nSPS) is 20.8. The first kappa shape index (κ1) is 16.0. The van der Waals surface area contributed by atoms with Crippen molar-refractivity contribution < 1.29 is 14.7 Å². The van der Waals surface area contributed by atoms with Crippen molar-refractivity contribution in [2.75, 3.05) is 26.7 Å². The van der Waals surface area contributed by atoms with Crippen molar-refractivity contribution in [3.05, 3.63) is 0 Å². The highest BCUT2D eigenvalue weighted by atomic mass is 16.4. The molecule has 0 aromatic heterocycles. The van der Waals surface area contributed by atoms with Crippen LogP contribution in [-0.4, -0.2) is 48.6 Å². The van der Waals surface area contributed by atoms with Crippen LogP contribution in [0.25, 0.3) is 0 Å². The van der Waals surface area contributed by atoms with Crippen molar-refractivity contribution in [2.45, 2.75) is 39.5 Å². The molecule has 5 nitrogen and oxygen atoms in total. The molecule has 2 N–H and O–H groups in total. The van der Waals surface area contributed by atoms with Gasteiger partial charge in [0.15, 0.2) is 0 Å². The van der Waals surface area contributed by atoms with E-state index in [4.69, 9.17) is 5.11 Å². The van der Waals surface area contributed by atoms with E-state index in [0.29, 0.717) is 13.0 Å². The number of hydrogen-bond acceptors (Lipinski definition) is 3. The van der Waals surface area contributed by atoms with Crippen LogP contribution in [0.5, 0.6) is 0 Å². The fourth-order valence-corrected chi connectivity index (χ4v) is 2.41. The minimum Gasteiger partial charge on any atom is -0.481 e. The summed E-state index contributed by atoms with van der Waals surface area (Å²) in [6, 6.07) is 0. The largest absolute Gasteiger partial charge is 0.481 e. The minimum atomic E-state index is -0.845. The zero-order valence-corrected chi connectivity index (χ0v) is 12.2. The number of likely N-dealkylation sites (tertiary alicyclic amines) is 1. The number of carboxylic acid groups (broad SMARTS) is 1. The number of aliphatic carboxylic acids is 1. The molecule has 0 aliphatic carbocycles. The number of piperidine rings is 1. The highest BCUT2D eigenvalue weighted by Crippen LogP contribution is 2.29. The van der Waals surface area contributed by atoms with Crippen molar-refractivity contribution in [1.29, 1.82) is 0 Å². The molecular weight excluding hydrogens is 244 g/mol. The minimum absolute atomic E-state index is 0.0334. The fourth-order valence-electron chi connectivity index (χ4n) is 2.41. The van der Waals surface area contributed by atoms with Crippen molar-refractivity contribution >= 4 is 11.9 Å². The van der Waals surface area contributed by atoms with E-state index < -0.39 is 5.97 Å². The number of amides is 1. The molecule has 1 fully saturated rings. The molecule has 0 radical (unpaired) electrons. The van der Waals surface area contributed by atoms with E-state index in [2.05, 4.69) is 24.2 Å². The lowest BCUT2D eigenvalue weighted by Crippen LogP contribution is -2.43. The number of carbonyl (C=O) groups is 2. The predicted molar refractivity (Wildman–Crippen MR) is 73.9 cm³/mol. The Morgan fingerprint density at radius 1 is 1.32 bits per heavy atom. The Kier molecular flexibility index (Phi) is 5.79. The van der Waals surface area contributed by atoms with Crippen molar-refractivity contribution in [3.8, 4) is 0 Å². The average Bonchev–Trinajstić information content (AvgIpc) is 2.30. The molecule has 1 saturated heterocycles. The number of carbonyl (C=O) groups excluding carboxylic acids is 1. The van der Waals surface area contributed by atoms with Crippen LogP contribution in [0, 0.1) is 11.3 Å². The highest BCUT2D eigenvalue weighted by Gasteiger charge is 2.29. The maximum absolute atomic E-state index is 11.8. The Bertz CT molecular complexity index is 323. The molecule has 1 heterocycles. The molecule has 0 aromatic carbocycles. The Balaban J connectivity index is 2.28. The van der Waals surface area contributed by atoms with Gasteiger partial charge in [0.1, 0.15) is 0 Å². The molecule has 0 bridgehead atoms. The SMILES string of the molecule is CC(CC(=O)O)CC(=O)NCC1(C)CCN(C)CC1. The van der Waals surface area contributed by atoms with Gasteiger partial charge in [0.05, 0.1) is 0 Å². The topological polar surface area (TPSA) is 69.6 Å². The summed E-state index contributed by atoms with van der Waals surface area (Å²) in [6.07, 6.45) is 2.53.